The first-order valence-electron chi connectivity index (χ1n) is 19.4. The topological polar surface area (TPSA) is 92.1 Å². The summed E-state index contributed by atoms with van der Waals surface area (Å²) < 4.78 is 22.3. The Balaban J connectivity index is 1.26. The molecule has 0 N–H and O–H groups in total. The third-order valence-electron chi connectivity index (χ3n) is 10.6. The van der Waals surface area contributed by atoms with Crippen LogP contribution < -0.4 is 0 Å². The number of hydrogen-bond donors (Lipinski definition) is 0. The van der Waals surface area contributed by atoms with Crippen LogP contribution in [0.1, 0.15) is 79.0 Å². The van der Waals surface area contributed by atoms with Crippen molar-refractivity contribution >= 4 is 34.8 Å². The monoisotopic (exact) mass is 843 g/mol. The summed E-state index contributed by atoms with van der Waals surface area (Å²) in [5.74, 6) is -0.994. The lowest BCUT2D eigenvalue weighted by atomic mass is 9.85. The Morgan fingerprint density at radius 2 is 1.14 bits per heavy atom. The van der Waals surface area contributed by atoms with Crippen LogP contribution in [0.15, 0.2) is 116 Å². The van der Waals surface area contributed by atoms with E-state index in [4.69, 9.17) is 34.8 Å². The first-order chi connectivity index (χ1) is 28.4. The summed E-state index contributed by atoms with van der Waals surface area (Å²) >= 11 is 20.3. The lowest BCUT2D eigenvalue weighted by Gasteiger charge is -2.25. The Morgan fingerprint density at radius 3 is 1.73 bits per heavy atom. The standard InChI is InChI=1S/C46H41Cl3FN9/c1-27(2)37-23-36(48)20-33(45(37)58-25-40(52-55-58)31-12-8-6-9-13-31)19-29(4)43-44(50)39(49)21-34(46(43)59-26-41(53-56-59)32-14-10-7-11-15-32)18-28(3)38-22-35(47)16-17-42(38)57-24-30(5)51-54-57/h6-17,20-29H,18-19H2,1-5H3. The van der Waals surface area contributed by atoms with Crippen LogP contribution in [0.4, 0.5) is 4.39 Å². The molecule has 3 heterocycles. The van der Waals surface area contributed by atoms with E-state index in [-0.39, 0.29) is 16.9 Å². The zero-order chi connectivity index (χ0) is 41.4. The average Bonchev–Trinajstić information content (AvgIpc) is 4.02. The van der Waals surface area contributed by atoms with E-state index in [0.717, 1.165) is 56.1 Å². The highest BCUT2D eigenvalue weighted by molar-refractivity contribution is 6.31. The van der Waals surface area contributed by atoms with Crippen LogP contribution in [0.25, 0.3) is 39.6 Å². The van der Waals surface area contributed by atoms with E-state index in [2.05, 4.69) is 51.7 Å². The third kappa shape index (κ3) is 8.30. The molecule has 2 unspecified atom stereocenters. The fraction of sp³-hybridized carbons (Fsp3) is 0.217. The van der Waals surface area contributed by atoms with Crippen LogP contribution >= 0.6 is 34.8 Å². The molecule has 9 nitrogen and oxygen atoms in total. The van der Waals surface area contributed by atoms with E-state index in [1.807, 2.05) is 123 Å². The lowest BCUT2D eigenvalue weighted by molar-refractivity contribution is 0.577. The van der Waals surface area contributed by atoms with Gasteiger partial charge in [0.25, 0.3) is 0 Å². The van der Waals surface area contributed by atoms with Crippen molar-refractivity contribution in [3.63, 3.8) is 0 Å². The van der Waals surface area contributed by atoms with Crippen LogP contribution in [0, 0.1) is 12.7 Å². The van der Waals surface area contributed by atoms with Gasteiger partial charge in [-0.15, -0.1) is 15.3 Å². The van der Waals surface area contributed by atoms with Crippen LogP contribution in [-0.4, -0.2) is 45.0 Å². The molecule has 0 fully saturated rings. The molecule has 0 spiro atoms. The molecular formula is C46H41Cl3FN9. The second-order valence-corrected chi connectivity index (χ2v) is 16.6. The van der Waals surface area contributed by atoms with Gasteiger partial charge in [0.05, 0.1) is 46.4 Å². The predicted octanol–water partition coefficient (Wildman–Crippen LogP) is 12.0. The molecule has 8 aromatic rings. The molecule has 59 heavy (non-hydrogen) atoms. The summed E-state index contributed by atoms with van der Waals surface area (Å²) in [4.78, 5) is 0. The summed E-state index contributed by atoms with van der Waals surface area (Å²) in [6.07, 6.45) is 6.48. The highest BCUT2D eigenvalue weighted by atomic mass is 35.5. The van der Waals surface area contributed by atoms with Crippen LogP contribution in [0.5, 0.6) is 0 Å². The summed E-state index contributed by atoms with van der Waals surface area (Å²) in [7, 11) is 0. The first kappa shape index (κ1) is 40.1. The molecule has 5 aromatic carbocycles. The molecule has 3 aromatic heterocycles. The summed E-state index contributed by atoms with van der Waals surface area (Å²) in [5.41, 5.74) is 10.3. The Kier molecular flexibility index (Phi) is 11.5. The molecular weight excluding hydrogens is 804 g/mol. The van der Waals surface area contributed by atoms with E-state index >= 15 is 4.39 Å². The molecule has 0 amide bonds. The highest BCUT2D eigenvalue weighted by Crippen LogP contribution is 2.41. The van der Waals surface area contributed by atoms with E-state index in [1.54, 1.807) is 20.1 Å². The molecule has 0 saturated heterocycles. The van der Waals surface area contributed by atoms with Crippen molar-refractivity contribution < 1.29 is 4.39 Å². The van der Waals surface area contributed by atoms with Crippen molar-refractivity contribution in [2.75, 3.05) is 0 Å². The van der Waals surface area contributed by atoms with Crippen LogP contribution in [-0.2, 0) is 12.8 Å². The molecule has 0 radical (unpaired) electrons. The van der Waals surface area contributed by atoms with Crippen molar-refractivity contribution in [1.29, 1.82) is 0 Å². The maximum Gasteiger partial charge on any atom is 0.147 e. The first-order valence-corrected chi connectivity index (χ1v) is 20.6. The minimum absolute atomic E-state index is 0.0115. The number of hydrogen-bond acceptors (Lipinski definition) is 6. The molecule has 0 aliphatic heterocycles. The van der Waals surface area contributed by atoms with Crippen molar-refractivity contribution in [3.05, 3.63) is 170 Å². The smallest absolute Gasteiger partial charge is 0.147 e. The van der Waals surface area contributed by atoms with Gasteiger partial charge in [-0.2, -0.15) is 0 Å². The van der Waals surface area contributed by atoms with Crippen molar-refractivity contribution in [3.8, 4) is 39.6 Å². The molecule has 298 valence electrons. The molecule has 0 saturated carbocycles. The molecule has 0 aliphatic rings. The van der Waals surface area contributed by atoms with Crippen LogP contribution in [0.2, 0.25) is 15.1 Å². The molecule has 2 atom stereocenters. The van der Waals surface area contributed by atoms with Gasteiger partial charge in [-0.3, -0.25) is 0 Å². The second-order valence-electron chi connectivity index (χ2n) is 15.3. The van der Waals surface area contributed by atoms with Gasteiger partial charge < -0.3 is 0 Å². The molecule has 0 bridgehead atoms. The second kappa shape index (κ2) is 16.9. The van der Waals surface area contributed by atoms with Gasteiger partial charge >= 0.3 is 0 Å². The zero-order valence-corrected chi connectivity index (χ0v) is 35.4. The van der Waals surface area contributed by atoms with E-state index in [9.17, 15) is 0 Å². The molecule has 0 aliphatic carbocycles. The summed E-state index contributed by atoms with van der Waals surface area (Å²) in [6, 6.07) is 31.0. The van der Waals surface area contributed by atoms with Crippen molar-refractivity contribution in [1.82, 2.24) is 45.0 Å². The minimum atomic E-state index is -0.524. The average molecular weight is 845 g/mol. The molecule has 8 rings (SSSR count). The molecule has 13 heteroatoms. The number of rotatable bonds is 12. The van der Waals surface area contributed by atoms with E-state index in [0.29, 0.717) is 39.8 Å². The Bertz CT molecular complexity index is 2760. The van der Waals surface area contributed by atoms with Crippen LogP contribution in [0.3, 0.4) is 0 Å². The van der Waals surface area contributed by atoms with Gasteiger partial charge in [-0.05, 0) is 96.2 Å². The quantitative estimate of drug-likeness (QED) is 0.122. The largest absolute Gasteiger partial charge is 0.220 e. The Morgan fingerprint density at radius 1 is 0.576 bits per heavy atom. The number of benzene rings is 5. The minimum Gasteiger partial charge on any atom is -0.220 e. The van der Waals surface area contributed by atoms with E-state index < -0.39 is 11.7 Å². The Hall–Kier alpha value is -5.68. The van der Waals surface area contributed by atoms with Crippen molar-refractivity contribution in [2.24, 2.45) is 0 Å². The number of halogens is 4. The lowest BCUT2D eigenvalue weighted by Crippen LogP contribution is -2.15. The van der Waals surface area contributed by atoms with Crippen molar-refractivity contribution in [2.45, 2.75) is 65.2 Å². The van der Waals surface area contributed by atoms with Gasteiger partial charge in [0.15, 0.2) is 0 Å². The zero-order valence-electron chi connectivity index (χ0n) is 33.2. The van der Waals surface area contributed by atoms with Gasteiger partial charge in [-0.1, -0.05) is 139 Å². The predicted molar refractivity (Wildman–Crippen MR) is 233 cm³/mol. The van der Waals surface area contributed by atoms with Gasteiger partial charge in [0, 0.05) is 26.7 Å². The maximum absolute atomic E-state index is 17.0. The normalized spacial score (nSPS) is 12.6. The number of aryl methyl sites for hydroxylation is 1. The summed E-state index contributed by atoms with van der Waals surface area (Å²) in [6.45, 7) is 10.2. The number of aromatic nitrogens is 9. The highest BCUT2D eigenvalue weighted by Gasteiger charge is 2.28. The Labute approximate surface area is 357 Å². The number of nitrogens with zero attached hydrogens (tertiary/aromatic N) is 9. The van der Waals surface area contributed by atoms with Gasteiger partial charge in [0.1, 0.15) is 17.2 Å². The fourth-order valence-corrected chi connectivity index (χ4v) is 8.48. The SMILES string of the molecule is Cc1cn(-c2ccc(Cl)cc2C(C)Cc2cc(Cl)c(F)c(C(C)Cc3cc(Cl)cc(C(C)C)c3-n3cc(-c4ccccc4)nn3)c2-n2cc(-c3ccccc3)nn2)nn1. The third-order valence-corrected chi connectivity index (χ3v) is 11.3. The summed E-state index contributed by atoms with van der Waals surface area (Å²) in [5, 5.41) is 28.1. The van der Waals surface area contributed by atoms with Gasteiger partial charge in [0.2, 0.25) is 0 Å². The maximum atomic E-state index is 17.0. The fourth-order valence-electron chi connectivity index (χ4n) is 7.81. The van der Waals surface area contributed by atoms with Gasteiger partial charge in [-0.25, -0.2) is 18.4 Å². The van der Waals surface area contributed by atoms with E-state index in [1.165, 1.54) is 0 Å².